The normalized spacial score (nSPS) is 13.5. The first-order valence-corrected chi connectivity index (χ1v) is 11.7. The molecule has 1 aliphatic heterocycles. The molecule has 0 bridgehead atoms. The average molecular weight is 419 g/mol. The summed E-state index contributed by atoms with van der Waals surface area (Å²) < 4.78 is 25.1. The molecule has 2 amide bonds. The maximum Gasteiger partial charge on any atom is 0.234 e. The topological polar surface area (TPSA) is 92.3 Å². The zero-order valence-electron chi connectivity index (χ0n) is 15.3. The van der Waals surface area contributed by atoms with Crippen molar-refractivity contribution in [3.63, 3.8) is 0 Å². The second-order valence-electron chi connectivity index (χ2n) is 6.50. The van der Waals surface area contributed by atoms with Crippen LogP contribution in [-0.4, -0.2) is 38.3 Å². The van der Waals surface area contributed by atoms with E-state index in [1.54, 1.807) is 12.1 Å². The fraction of sp³-hybridized carbons (Fsp3) is 0.300. The van der Waals surface area contributed by atoms with Gasteiger partial charge in [-0.05, 0) is 36.6 Å². The molecule has 6 nitrogen and oxygen atoms in total. The summed E-state index contributed by atoms with van der Waals surface area (Å²) in [6.07, 6.45) is 1.59. The van der Waals surface area contributed by atoms with Crippen LogP contribution in [0.4, 0.5) is 5.69 Å². The molecule has 0 spiro atoms. The number of amides is 2. The van der Waals surface area contributed by atoms with E-state index in [1.165, 1.54) is 23.4 Å². The molecule has 8 heteroatoms. The largest absolute Gasteiger partial charge is 0.356 e. The summed E-state index contributed by atoms with van der Waals surface area (Å²) in [5.74, 6) is -0.344. The van der Waals surface area contributed by atoms with E-state index in [2.05, 4.69) is 10.6 Å². The van der Waals surface area contributed by atoms with Gasteiger partial charge in [-0.25, -0.2) is 8.42 Å². The Morgan fingerprint density at radius 2 is 1.93 bits per heavy atom. The Labute approximate surface area is 169 Å². The van der Waals surface area contributed by atoms with E-state index in [9.17, 15) is 18.0 Å². The van der Waals surface area contributed by atoms with Crippen molar-refractivity contribution in [1.82, 2.24) is 5.32 Å². The Bertz CT molecular complexity index is 959. The van der Waals surface area contributed by atoms with Gasteiger partial charge in [0.25, 0.3) is 0 Å². The van der Waals surface area contributed by atoms with E-state index in [0.29, 0.717) is 12.2 Å². The van der Waals surface area contributed by atoms with Gasteiger partial charge in [0.1, 0.15) is 0 Å². The zero-order valence-corrected chi connectivity index (χ0v) is 16.9. The molecule has 0 aliphatic carbocycles. The number of hydrogen-bond donors (Lipinski definition) is 2. The van der Waals surface area contributed by atoms with Gasteiger partial charge in [0.2, 0.25) is 11.8 Å². The lowest BCUT2D eigenvalue weighted by molar-refractivity contribution is -0.120. The van der Waals surface area contributed by atoms with Crippen LogP contribution in [0, 0.1) is 0 Å². The molecular formula is C20H22N2O4S2. The highest BCUT2D eigenvalue weighted by molar-refractivity contribution is 8.00. The van der Waals surface area contributed by atoms with Crippen LogP contribution in [0.2, 0.25) is 0 Å². The molecule has 1 heterocycles. The quantitative estimate of drug-likeness (QED) is 0.643. The number of anilines is 1. The molecule has 2 aromatic rings. The second kappa shape index (κ2) is 9.25. The average Bonchev–Trinajstić information content (AvgIpc) is 2.70. The first kappa shape index (κ1) is 20.4. The standard InChI is InChI=1S/C20H22N2O4S2/c23-19(21-11-4-7-15-5-2-1-3-6-15)10-12-28(25,26)16-8-9-17-18(13-16)27-14-20(24)22-17/h1-3,5-6,8-9,13H,4,7,10-12,14H2,(H,21,23)(H,22,24). The molecular weight excluding hydrogens is 396 g/mol. The maximum atomic E-state index is 12.5. The molecule has 0 fully saturated rings. The Morgan fingerprint density at radius 1 is 1.14 bits per heavy atom. The molecule has 148 valence electrons. The predicted octanol–water partition coefficient (Wildman–Crippen LogP) is 2.64. The summed E-state index contributed by atoms with van der Waals surface area (Å²) in [5.41, 5.74) is 1.83. The number of hydrogen-bond acceptors (Lipinski definition) is 5. The van der Waals surface area contributed by atoms with Gasteiger partial charge in [0, 0.05) is 17.9 Å². The van der Waals surface area contributed by atoms with E-state index < -0.39 is 9.84 Å². The highest BCUT2D eigenvalue weighted by atomic mass is 32.2. The lowest BCUT2D eigenvalue weighted by Crippen LogP contribution is -2.27. The third-order valence-electron chi connectivity index (χ3n) is 4.35. The van der Waals surface area contributed by atoms with Crippen molar-refractivity contribution in [2.45, 2.75) is 29.1 Å². The van der Waals surface area contributed by atoms with Crippen LogP contribution < -0.4 is 10.6 Å². The first-order chi connectivity index (χ1) is 13.4. The number of benzene rings is 2. The monoisotopic (exact) mass is 418 g/mol. The van der Waals surface area contributed by atoms with Crippen LogP contribution in [0.1, 0.15) is 18.4 Å². The van der Waals surface area contributed by atoms with Crippen LogP contribution in [0.5, 0.6) is 0 Å². The van der Waals surface area contributed by atoms with E-state index in [1.807, 2.05) is 30.3 Å². The van der Waals surface area contributed by atoms with Crippen molar-refractivity contribution in [2.24, 2.45) is 0 Å². The Morgan fingerprint density at radius 3 is 2.71 bits per heavy atom. The number of nitrogens with one attached hydrogen (secondary N) is 2. The minimum absolute atomic E-state index is 0.0748. The van der Waals surface area contributed by atoms with Gasteiger partial charge in [-0.3, -0.25) is 9.59 Å². The van der Waals surface area contributed by atoms with Gasteiger partial charge in [-0.15, -0.1) is 11.8 Å². The predicted molar refractivity (Wildman–Crippen MR) is 110 cm³/mol. The lowest BCUT2D eigenvalue weighted by atomic mass is 10.1. The summed E-state index contributed by atoms with van der Waals surface area (Å²) in [6, 6.07) is 14.6. The molecule has 0 aromatic heterocycles. The molecule has 2 aromatic carbocycles. The molecule has 28 heavy (non-hydrogen) atoms. The Kier molecular flexibility index (Phi) is 6.74. The van der Waals surface area contributed by atoms with Crippen LogP contribution in [0.15, 0.2) is 58.3 Å². The van der Waals surface area contributed by atoms with Crippen LogP contribution in [-0.2, 0) is 25.8 Å². The molecule has 3 rings (SSSR count). The third-order valence-corrected chi connectivity index (χ3v) is 7.12. The smallest absolute Gasteiger partial charge is 0.234 e. The van der Waals surface area contributed by atoms with Gasteiger partial charge < -0.3 is 10.6 Å². The van der Waals surface area contributed by atoms with E-state index >= 15 is 0 Å². The van der Waals surface area contributed by atoms with Crippen LogP contribution in [0.3, 0.4) is 0 Å². The van der Waals surface area contributed by atoms with Crippen molar-refractivity contribution in [1.29, 1.82) is 0 Å². The number of aryl methyl sites for hydroxylation is 1. The van der Waals surface area contributed by atoms with E-state index in [4.69, 9.17) is 0 Å². The molecule has 0 atom stereocenters. The number of sulfone groups is 1. The highest BCUT2D eigenvalue weighted by Crippen LogP contribution is 2.33. The maximum absolute atomic E-state index is 12.5. The molecule has 0 saturated heterocycles. The zero-order chi connectivity index (χ0) is 20.0. The van der Waals surface area contributed by atoms with Gasteiger partial charge >= 0.3 is 0 Å². The van der Waals surface area contributed by atoms with Gasteiger partial charge in [-0.2, -0.15) is 0 Å². The van der Waals surface area contributed by atoms with Gasteiger partial charge in [-0.1, -0.05) is 30.3 Å². The van der Waals surface area contributed by atoms with Crippen molar-refractivity contribution >= 4 is 39.1 Å². The third kappa shape index (κ3) is 5.59. The minimum Gasteiger partial charge on any atom is -0.356 e. The summed E-state index contributed by atoms with van der Waals surface area (Å²) in [6.45, 7) is 0.517. The number of fused-ring (bicyclic) bond motifs is 1. The van der Waals surface area contributed by atoms with Gasteiger partial charge in [0.05, 0.1) is 22.1 Å². The van der Waals surface area contributed by atoms with Crippen molar-refractivity contribution in [3.8, 4) is 0 Å². The van der Waals surface area contributed by atoms with Crippen molar-refractivity contribution < 1.29 is 18.0 Å². The SMILES string of the molecule is O=C(CCS(=O)(=O)c1ccc2c(c1)SCC(=O)N2)NCCCc1ccccc1. The Balaban J connectivity index is 1.46. The molecule has 2 N–H and O–H groups in total. The molecule has 1 aliphatic rings. The fourth-order valence-electron chi connectivity index (χ4n) is 2.85. The van der Waals surface area contributed by atoms with E-state index in [0.717, 1.165) is 17.7 Å². The van der Waals surface area contributed by atoms with Crippen LogP contribution >= 0.6 is 11.8 Å². The van der Waals surface area contributed by atoms with Crippen molar-refractivity contribution in [2.75, 3.05) is 23.4 Å². The summed E-state index contributed by atoms with van der Waals surface area (Å²) in [5, 5.41) is 5.49. The number of carbonyl (C=O) groups is 2. The summed E-state index contributed by atoms with van der Waals surface area (Å²) >= 11 is 1.31. The van der Waals surface area contributed by atoms with E-state index in [-0.39, 0.29) is 34.6 Å². The summed E-state index contributed by atoms with van der Waals surface area (Å²) in [4.78, 5) is 24.3. The highest BCUT2D eigenvalue weighted by Gasteiger charge is 2.21. The molecule has 0 saturated carbocycles. The lowest BCUT2D eigenvalue weighted by Gasteiger charge is -2.17. The number of rotatable bonds is 8. The Hall–Kier alpha value is -2.32. The van der Waals surface area contributed by atoms with Crippen molar-refractivity contribution in [3.05, 3.63) is 54.1 Å². The van der Waals surface area contributed by atoms with Crippen LogP contribution in [0.25, 0.3) is 0 Å². The summed E-state index contributed by atoms with van der Waals surface area (Å²) in [7, 11) is -3.56. The molecule has 0 unspecified atom stereocenters. The number of carbonyl (C=O) groups excluding carboxylic acids is 2. The fourth-order valence-corrected chi connectivity index (χ4v) is 5.03. The second-order valence-corrected chi connectivity index (χ2v) is 9.63. The molecule has 0 radical (unpaired) electrons. The minimum atomic E-state index is -3.56. The van der Waals surface area contributed by atoms with Gasteiger partial charge in [0.15, 0.2) is 9.84 Å². The number of thioether (sulfide) groups is 1. The first-order valence-electron chi connectivity index (χ1n) is 9.04.